The minimum Gasteiger partial charge on any atom is -0.326 e. The van der Waals surface area contributed by atoms with Crippen molar-refractivity contribution in [3.8, 4) is 0 Å². The number of rotatable bonds is 6. The first-order chi connectivity index (χ1) is 12.3. The Labute approximate surface area is 162 Å². The maximum atomic E-state index is 12.0. The van der Waals surface area contributed by atoms with E-state index in [0.29, 0.717) is 5.71 Å². The molecule has 5 nitrogen and oxygen atoms in total. The highest BCUT2D eigenvalue weighted by molar-refractivity contribution is 9.10. The van der Waals surface area contributed by atoms with Crippen LogP contribution in [0.3, 0.4) is 0 Å². The number of benzene rings is 2. The molecule has 2 aromatic carbocycles. The third-order valence-corrected chi connectivity index (χ3v) is 4.39. The van der Waals surface area contributed by atoms with Gasteiger partial charge in [-0.3, -0.25) is 9.59 Å². The Bertz CT molecular complexity index is 829. The molecule has 0 fully saturated rings. The van der Waals surface area contributed by atoms with Crippen molar-refractivity contribution < 1.29 is 9.59 Å². The number of nitrogens with one attached hydrogen (secondary N) is 2. The smallest absolute Gasteiger partial charge is 0.240 e. The summed E-state index contributed by atoms with van der Waals surface area (Å²) in [5.41, 5.74) is 6.95. The lowest BCUT2D eigenvalue weighted by Crippen LogP contribution is -2.22. The molecule has 2 amide bonds. The lowest BCUT2D eigenvalue weighted by atomic mass is 10.1. The molecule has 2 aromatic rings. The summed E-state index contributed by atoms with van der Waals surface area (Å²) in [5, 5.41) is 6.92. The highest BCUT2D eigenvalue weighted by atomic mass is 79.9. The largest absolute Gasteiger partial charge is 0.326 e. The molecule has 0 radical (unpaired) electrons. The minimum absolute atomic E-state index is 0.0772. The van der Waals surface area contributed by atoms with Gasteiger partial charge in [-0.2, -0.15) is 5.10 Å². The summed E-state index contributed by atoms with van der Waals surface area (Å²) in [7, 11) is 0. The van der Waals surface area contributed by atoms with Gasteiger partial charge in [-0.15, -0.1) is 0 Å². The summed E-state index contributed by atoms with van der Waals surface area (Å²) in [4.78, 5) is 23.9. The van der Waals surface area contributed by atoms with E-state index in [9.17, 15) is 9.59 Å². The fourth-order valence-corrected chi connectivity index (χ4v) is 2.53. The summed E-state index contributed by atoms with van der Waals surface area (Å²) in [6, 6.07) is 13.5. The van der Waals surface area contributed by atoms with Gasteiger partial charge in [-0.25, -0.2) is 5.43 Å². The van der Waals surface area contributed by atoms with Crippen LogP contribution in [0.15, 0.2) is 52.0 Å². The van der Waals surface area contributed by atoms with E-state index < -0.39 is 0 Å². The number of hydrogen-bond donors (Lipinski definition) is 2. The first-order valence-corrected chi connectivity index (χ1v) is 9.10. The number of carbonyl (C=O) groups excluding carboxylic acids is 2. The SMILES string of the molecule is CC(=NNC(=O)CCC(=O)Nc1cc(C)ccc1C)c1ccc(Br)cc1. The molecule has 0 aliphatic rings. The number of hydrazone groups is 1. The Kier molecular flexibility index (Phi) is 7.09. The van der Waals surface area contributed by atoms with Gasteiger partial charge in [0.2, 0.25) is 11.8 Å². The molecule has 2 N–H and O–H groups in total. The van der Waals surface area contributed by atoms with E-state index in [0.717, 1.165) is 26.9 Å². The second-order valence-corrected chi connectivity index (χ2v) is 7.02. The molecule has 0 bridgehead atoms. The molecule has 0 aliphatic carbocycles. The van der Waals surface area contributed by atoms with Crippen molar-refractivity contribution >= 4 is 39.1 Å². The van der Waals surface area contributed by atoms with Crippen molar-refractivity contribution in [3.63, 3.8) is 0 Å². The third-order valence-electron chi connectivity index (χ3n) is 3.86. The van der Waals surface area contributed by atoms with Crippen LogP contribution in [0, 0.1) is 13.8 Å². The quantitative estimate of drug-likeness (QED) is 0.544. The van der Waals surface area contributed by atoms with Crippen molar-refractivity contribution in [1.82, 2.24) is 5.43 Å². The van der Waals surface area contributed by atoms with Gasteiger partial charge >= 0.3 is 0 Å². The number of aryl methyl sites for hydroxylation is 2. The van der Waals surface area contributed by atoms with Crippen LogP contribution in [0.4, 0.5) is 5.69 Å². The Morgan fingerprint density at radius 2 is 1.65 bits per heavy atom. The van der Waals surface area contributed by atoms with Crippen molar-refractivity contribution in [2.75, 3.05) is 5.32 Å². The molecule has 26 heavy (non-hydrogen) atoms. The topological polar surface area (TPSA) is 70.6 Å². The van der Waals surface area contributed by atoms with E-state index >= 15 is 0 Å². The van der Waals surface area contributed by atoms with Crippen LogP contribution in [0.25, 0.3) is 0 Å². The average molecular weight is 416 g/mol. The number of amides is 2. The molecule has 0 saturated carbocycles. The zero-order valence-electron chi connectivity index (χ0n) is 15.1. The standard InChI is InChI=1S/C20H22BrN3O2/c1-13-4-5-14(2)18(12-13)22-19(25)10-11-20(26)24-23-15(3)16-6-8-17(21)9-7-16/h4-9,12H,10-11H2,1-3H3,(H,22,25)(H,24,26). The molecule has 136 valence electrons. The monoisotopic (exact) mass is 415 g/mol. The second-order valence-electron chi connectivity index (χ2n) is 6.11. The predicted octanol–water partition coefficient (Wildman–Crippen LogP) is 4.33. The maximum absolute atomic E-state index is 12.0. The molecule has 6 heteroatoms. The number of carbonyl (C=O) groups is 2. The fourth-order valence-electron chi connectivity index (χ4n) is 2.27. The molecule has 0 atom stereocenters. The Morgan fingerprint density at radius 1 is 1.00 bits per heavy atom. The zero-order valence-corrected chi connectivity index (χ0v) is 16.7. The summed E-state index contributed by atoms with van der Waals surface area (Å²) < 4.78 is 0.980. The number of hydrogen-bond acceptors (Lipinski definition) is 3. The van der Waals surface area contributed by atoms with Gasteiger partial charge in [0.05, 0.1) is 5.71 Å². The molecule has 2 rings (SSSR count). The second kappa shape index (κ2) is 9.29. The molecule has 0 unspecified atom stereocenters. The maximum Gasteiger partial charge on any atom is 0.240 e. The lowest BCUT2D eigenvalue weighted by molar-refractivity contribution is -0.124. The first kappa shape index (κ1) is 19.8. The van der Waals surface area contributed by atoms with Gasteiger partial charge in [0.25, 0.3) is 0 Å². The van der Waals surface area contributed by atoms with Crippen LogP contribution in [0.5, 0.6) is 0 Å². The van der Waals surface area contributed by atoms with Gasteiger partial charge in [0, 0.05) is 23.0 Å². The molecule has 0 saturated heterocycles. The van der Waals surface area contributed by atoms with Crippen LogP contribution in [-0.4, -0.2) is 17.5 Å². The molecular weight excluding hydrogens is 394 g/mol. The minimum atomic E-state index is -0.294. The van der Waals surface area contributed by atoms with E-state index in [2.05, 4.69) is 31.8 Å². The normalized spacial score (nSPS) is 11.2. The summed E-state index contributed by atoms with van der Waals surface area (Å²) in [6.45, 7) is 5.71. The Hall–Kier alpha value is -2.47. The van der Waals surface area contributed by atoms with E-state index in [1.165, 1.54) is 0 Å². The lowest BCUT2D eigenvalue weighted by Gasteiger charge is -2.09. The van der Waals surface area contributed by atoms with Gasteiger partial charge in [-0.05, 0) is 55.7 Å². The Balaban J connectivity index is 1.82. The number of nitrogens with zero attached hydrogens (tertiary/aromatic N) is 1. The van der Waals surface area contributed by atoms with Gasteiger partial charge in [0.15, 0.2) is 0 Å². The van der Waals surface area contributed by atoms with Crippen LogP contribution in [0.1, 0.15) is 36.5 Å². The van der Waals surface area contributed by atoms with Crippen LogP contribution >= 0.6 is 15.9 Å². The fraction of sp³-hybridized carbons (Fsp3) is 0.250. The van der Waals surface area contributed by atoms with E-state index in [-0.39, 0.29) is 24.7 Å². The van der Waals surface area contributed by atoms with Gasteiger partial charge in [-0.1, -0.05) is 40.2 Å². The first-order valence-electron chi connectivity index (χ1n) is 8.31. The van der Waals surface area contributed by atoms with E-state index in [4.69, 9.17) is 0 Å². The highest BCUT2D eigenvalue weighted by Gasteiger charge is 2.09. The molecule has 0 heterocycles. The molecule has 0 aliphatic heterocycles. The van der Waals surface area contributed by atoms with Crippen molar-refractivity contribution in [3.05, 3.63) is 63.6 Å². The van der Waals surface area contributed by atoms with Crippen LogP contribution in [0.2, 0.25) is 0 Å². The molecular formula is C20H22BrN3O2. The zero-order chi connectivity index (χ0) is 19.1. The van der Waals surface area contributed by atoms with E-state index in [1.54, 1.807) is 0 Å². The Morgan fingerprint density at radius 3 is 2.35 bits per heavy atom. The third kappa shape index (κ3) is 6.11. The van der Waals surface area contributed by atoms with Gasteiger partial charge < -0.3 is 5.32 Å². The van der Waals surface area contributed by atoms with Gasteiger partial charge in [0.1, 0.15) is 0 Å². The van der Waals surface area contributed by atoms with Crippen molar-refractivity contribution in [2.24, 2.45) is 5.10 Å². The summed E-state index contributed by atoms with van der Waals surface area (Å²) >= 11 is 3.38. The highest BCUT2D eigenvalue weighted by Crippen LogP contribution is 2.16. The average Bonchev–Trinajstić information content (AvgIpc) is 2.61. The molecule has 0 spiro atoms. The predicted molar refractivity (Wildman–Crippen MR) is 108 cm³/mol. The summed E-state index contributed by atoms with van der Waals surface area (Å²) in [5.74, 6) is -0.486. The van der Waals surface area contributed by atoms with Crippen molar-refractivity contribution in [2.45, 2.75) is 33.6 Å². The number of halogens is 1. The van der Waals surface area contributed by atoms with E-state index in [1.807, 2.05) is 63.2 Å². The van der Waals surface area contributed by atoms with Crippen LogP contribution in [-0.2, 0) is 9.59 Å². The van der Waals surface area contributed by atoms with Crippen LogP contribution < -0.4 is 10.7 Å². The van der Waals surface area contributed by atoms with Crippen molar-refractivity contribution in [1.29, 1.82) is 0 Å². The summed E-state index contributed by atoms with van der Waals surface area (Å²) in [6.07, 6.45) is 0.180. The molecule has 0 aromatic heterocycles. The number of anilines is 1.